The first-order valence-corrected chi connectivity index (χ1v) is 8.08. The molecule has 1 fully saturated rings. The molecule has 0 unspecified atom stereocenters. The molecule has 122 valence electrons. The molecule has 1 heterocycles. The van der Waals surface area contributed by atoms with Crippen LogP contribution in [0, 0.1) is 6.92 Å². The van der Waals surface area contributed by atoms with E-state index < -0.39 is 0 Å². The predicted molar refractivity (Wildman–Crippen MR) is 86.7 cm³/mol. The van der Waals surface area contributed by atoms with Crippen LogP contribution in [0.4, 0.5) is 0 Å². The van der Waals surface area contributed by atoms with Gasteiger partial charge in [-0.3, -0.25) is 4.79 Å². The van der Waals surface area contributed by atoms with Crippen LogP contribution in [0.15, 0.2) is 24.3 Å². The van der Waals surface area contributed by atoms with E-state index in [2.05, 4.69) is 10.3 Å². The first-order chi connectivity index (χ1) is 11.2. The number of aromatic nitrogens is 3. The number of aliphatic hydroxyl groups excluding tert-OH is 1. The lowest BCUT2D eigenvalue weighted by atomic mass is 10.1. The minimum atomic E-state index is -0.151. The van der Waals surface area contributed by atoms with Crippen molar-refractivity contribution in [3.63, 3.8) is 0 Å². The second-order valence-electron chi connectivity index (χ2n) is 5.95. The number of aryl methyl sites for hydroxylation is 1. The van der Waals surface area contributed by atoms with Gasteiger partial charge in [-0.1, -0.05) is 22.9 Å². The van der Waals surface area contributed by atoms with Gasteiger partial charge in [0.25, 0.3) is 5.91 Å². The molecule has 0 atom stereocenters. The Bertz CT molecular complexity index is 689. The maximum Gasteiger partial charge on any atom is 0.276 e. The SMILES string of the molecule is CCN(CCO)C(=O)c1nnn(-c2ccc(C)cc2)c1C1CC1. The summed E-state index contributed by atoms with van der Waals surface area (Å²) in [6.07, 6.45) is 2.12. The van der Waals surface area contributed by atoms with E-state index in [-0.39, 0.29) is 12.5 Å². The minimum absolute atomic E-state index is 0.0511. The quantitative estimate of drug-likeness (QED) is 0.884. The van der Waals surface area contributed by atoms with Crippen molar-refractivity contribution in [1.29, 1.82) is 0 Å². The number of nitrogens with zero attached hydrogens (tertiary/aromatic N) is 4. The lowest BCUT2D eigenvalue weighted by Crippen LogP contribution is -2.34. The summed E-state index contributed by atoms with van der Waals surface area (Å²) in [6, 6.07) is 8.05. The Morgan fingerprint density at radius 2 is 2.04 bits per heavy atom. The molecule has 1 aromatic heterocycles. The van der Waals surface area contributed by atoms with E-state index in [0.29, 0.717) is 24.7 Å². The monoisotopic (exact) mass is 314 g/mol. The summed E-state index contributed by atoms with van der Waals surface area (Å²) >= 11 is 0. The zero-order valence-electron chi connectivity index (χ0n) is 13.6. The maximum absolute atomic E-state index is 12.7. The number of aliphatic hydroxyl groups is 1. The molecule has 1 N–H and O–H groups in total. The molecule has 0 bridgehead atoms. The Hall–Kier alpha value is -2.21. The number of amides is 1. The molecular weight excluding hydrogens is 292 g/mol. The van der Waals surface area contributed by atoms with E-state index in [9.17, 15) is 4.79 Å². The first kappa shape index (κ1) is 15.7. The molecule has 2 aromatic rings. The highest BCUT2D eigenvalue weighted by atomic mass is 16.3. The Morgan fingerprint density at radius 3 is 2.61 bits per heavy atom. The number of carbonyl (C=O) groups is 1. The van der Waals surface area contributed by atoms with Crippen molar-refractivity contribution >= 4 is 5.91 Å². The van der Waals surface area contributed by atoms with Gasteiger partial charge in [0.2, 0.25) is 0 Å². The summed E-state index contributed by atoms with van der Waals surface area (Å²) in [6.45, 7) is 4.74. The van der Waals surface area contributed by atoms with Gasteiger partial charge < -0.3 is 10.0 Å². The van der Waals surface area contributed by atoms with Gasteiger partial charge in [-0.2, -0.15) is 0 Å². The smallest absolute Gasteiger partial charge is 0.276 e. The van der Waals surface area contributed by atoms with Crippen molar-refractivity contribution < 1.29 is 9.90 Å². The molecule has 6 nitrogen and oxygen atoms in total. The van der Waals surface area contributed by atoms with Crippen molar-refractivity contribution in [1.82, 2.24) is 19.9 Å². The normalized spacial score (nSPS) is 14.0. The molecule has 1 saturated carbocycles. The Balaban J connectivity index is 1.99. The van der Waals surface area contributed by atoms with Gasteiger partial charge >= 0.3 is 0 Å². The van der Waals surface area contributed by atoms with Crippen LogP contribution in [0.3, 0.4) is 0 Å². The minimum Gasteiger partial charge on any atom is -0.395 e. The van der Waals surface area contributed by atoms with E-state index >= 15 is 0 Å². The topological polar surface area (TPSA) is 71.2 Å². The fourth-order valence-corrected chi connectivity index (χ4v) is 2.71. The van der Waals surface area contributed by atoms with Crippen molar-refractivity contribution in [2.75, 3.05) is 19.7 Å². The summed E-state index contributed by atoms with van der Waals surface area (Å²) in [4.78, 5) is 14.3. The molecule has 3 rings (SSSR count). The first-order valence-electron chi connectivity index (χ1n) is 8.08. The van der Waals surface area contributed by atoms with Crippen molar-refractivity contribution in [2.24, 2.45) is 0 Å². The number of carbonyl (C=O) groups excluding carboxylic acids is 1. The van der Waals surface area contributed by atoms with Crippen LogP contribution < -0.4 is 0 Å². The third-order valence-corrected chi connectivity index (χ3v) is 4.19. The van der Waals surface area contributed by atoms with Gasteiger partial charge in [0.15, 0.2) is 5.69 Å². The van der Waals surface area contributed by atoms with Crippen LogP contribution in [-0.4, -0.2) is 50.6 Å². The molecule has 1 amide bonds. The Kier molecular flexibility index (Phi) is 4.43. The largest absolute Gasteiger partial charge is 0.395 e. The number of hydrogen-bond donors (Lipinski definition) is 1. The number of hydrogen-bond acceptors (Lipinski definition) is 4. The average molecular weight is 314 g/mol. The highest BCUT2D eigenvalue weighted by Gasteiger charge is 2.35. The van der Waals surface area contributed by atoms with Gasteiger partial charge in [0.1, 0.15) is 0 Å². The zero-order chi connectivity index (χ0) is 16.4. The van der Waals surface area contributed by atoms with Crippen molar-refractivity contribution in [3.8, 4) is 5.69 Å². The highest BCUT2D eigenvalue weighted by Crippen LogP contribution is 2.42. The van der Waals surface area contributed by atoms with Crippen LogP contribution in [0.25, 0.3) is 5.69 Å². The Labute approximate surface area is 135 Å². The lowest BCUT2D eigenvalue weighted by molar-refractivity contribution is 0.0725. The summed E-state index contributed by atoms with van der Waals surface area (Å²) in [5.41, 5.74) is 3.42. The molecule has 0 aliphatic heterocycles. The Morgan fingerprint density at radius 1 is 1.35 bits per heavy atom. The van der Waals surface area contributed by atoms with Crippen molar-refractivity contribution in [2.45, 2.75) is 32.6 Å². The zero-order valence-corrected chi connectivity index (χ0v) is 13.6. The average Bonchev–Trinajstić information content (AvgIpc) is 3.31. The molecule has 1 aromatic carbocycles. The van der Waals surface area contributed by atoms with Gasteiger partial charge in [-0.25, -0.2) is 4.68 Å². The van der Waals surface area contributed by atoms with Gasteiger partial charge in [-0.15, -0.1) is 5.10 Å². The van der Waals surface area contributed by atoms with E-state index in [1.807, 2.05) is 38.1 Å². The number of benzene rings is 1. The fourth-order valence-electron chi connectivity index (χ4n) is 2.71. The third kappa shape index (κ3) is 3.12. The van der Waals surface area contributed by atoms with Gasteiger partial charge in [0, 0.05) is 19.0 Å². The highest BCUT2D eigenvalue weighted by molar-refractivity contribution is 5.93. The summed E-state index contributed by atoms with van der Waals surface area (Å²) in [5, 5.41) is 17.5. The number of likely N-dealkylation sites (N-methyl/N-ethyl adjacent to an activating group) is 1. The second kappa shape index (κ2) is 6.50. The molecule has 1 aliphatic carbocycles. The van der Waals surface area contributed by atoms with Crippen LogP contribution in [0.2, 0.25) is 0 Å². The second-order valence-corrected chi connectivity index (χ2v) is 5.95. The summed E-state index contributed by atoms with van der Waals surface area (Å²) in [7, 11) is 0. The lowest BCUT2D eigenvalue weighted by Gasteiger charge is -2.19. The van der Waals surface area contributed by atoms with Gasteiger partial charge in [0.05, 0.1) is 18.0 Å². The van der Waals surface area contributed by atoms with Crippen LogP contribution in [0.1, 0.15) is 47.4 Å². The molecule has 0 spiro atoms. The summed E-state index contributed by atoms with van der Waals surface area (Å²) in [5.74, 6) is 0.194. The van der Waals surface area contributed by atoms with E-state index in [0.717, 1.165) is 24.2 Å². The van der Waals surface area contributed by atoms with Crippen LogP contribution >= 0.6 is 0 Å². The molecular formula is C17H22N4O2. The molecule has 0 radical (unpaired) electrons. The molecule has 0 saturated heterocycles. The van der Waals surface area contributed by atoms with E-state index in [1.165, 1.54) is 5.56 Å². The van der Waals surface area contributed by atoms with Crippen LogP contribution in [-0.2, 0) is 0 Å². The van der Waals surface area contributed by atoms with Crippen molar-refractivity contribution in [3.05, 3.63) is 41.2 Å². The fraction of sp³-hybridized carbons (Fsp3) is 0.471. The van der Waals surface area contributed by atoms with E-state index in [1.54, 1.807) is 9.58 Å². The van der Waals surface area contributed by atoms with E-state index in [4.69, 9.17) is 5.11 Å². The predicted octanol–water partition coefficient (Wildman–Crippen LogP) is 1.91. The third-order valence-electron chi connectivity index (χ3n) is 4.19. The standard InChI is InChI=1S/C17H22N4O2/c1-3-20(10-11-22)17(23)15-16(13-6-7-13)21(19-18-15)14-8-4-12(2)5-9-14/h4-5,8-9,13,22H,3,6-7,10-11H2,1-2H3. The van der Waals surface area contributed by atoms with Gasteiger partial charge in [-0.05, 0) is 38.8 Å². The molecule has 1 aliphatic rings. The molecule has 6 heteroatoms. The molecule has 23 heavy (non-hydrogen) atoms. The number of rotatable bonds is 6. The van der Waals surface area contributed by atoms with Crippen LogP contribution in [0.5, 0.6) is 0 Å². The maximum atomic E-state index is 12.7. The summed E-state index contributed by atoms with van der Waals surface area (Å²) < 4.78 is 1.79.